The van der Waals surface area contributed by atoms with Crippen LogP contribution in [0.5, 0.6) is 11.5 Å². The second-order valence-corrected chi connectivity index (χ2v) is 7.74. The van der Waals surface area contributed by atoms with Crippen molar-refractivity contribution in [3.63, 3.8) is 0 Å². The van der Waals surface area contributed by atoms with Gasteiger partial charge in [-0.3, -0.25) is 4.99 Å². The second-order valence-electron chi connectivity index (χ2n) is 6.96. The molecule has 1 aliphatic rings. The van der Waals surface area contributed by atoms with Crippen molar-refractivity contribution in [2.24, 2.45) is 4.99 Å². The van der Waals surface area contributed by atoms with E-state index in [2.05, 4.69) is 51.1 Å². The number of methoxy groups -OCH3 is 2. The molecule has 1 aromatic heterocycles. The summed E-state index contributed by atoms with van der Waals surface area (Å²) in [6.45, 7) is 5.08. The van der Waals surface area contributed by atoms with Crippen LogP contribution in [0.1, 0.15) is 36.3 Å². The molecule has 5 nitrogen and oxygen atoms in total. The Balaban J connectivity index is 0.00000280. The highest BCUT2D eigenvalue weighted by Gasteiger charge is 2.27. The van der Waals surface area contributed by atoms with E-state index in [0.29, 0.717) is 11.8 Å². The average molecular weight is 515 g/mol. The van der Waals surface area contributed by atoms with Crippen molar-refractivity contribution in [1.82, 2.24) is 10.2 Å². The van der Waals surface area contributed by atoms with Crippen LogP contribution in [0.3, 0.4) is 0 Å². The Hall–Kier alpha value is -1.48. The van der Waals surface area contributed by atoms with Gasteiger partial charge in [-0.05, 0) is 52.4 Å². The summed E-state index contributed by atoms with van der Waals surface area (Å²) in [7, 11) is 5.25. The van der Waals surface area contributed by atoms with Crippen LogP contribution in [-0.2, 0) is 0 Å². The topological polar surface area (TPSA) is 46.1 Å². The zero-order valence-corrected chi connectivity index (χ0v) is 20.1. The molecule has 2 aromatic rings. The van der Waals surface area contributed by atoms with Crippen molar-refractivity contribution in [3.05, 3.63) is 46.2 Å². The number of guanidine groups is 1. The molecule has 2 atom stereocenters. The summed E-state index contributed by atoms with van der Waals surface area (Å²) < 4.78 is 10.8. The molecule has 2 unspecified atom stereocenters. The molecular weight excluding hydrogens is 485 g/mol. The first-order valence-corrected chi connectivity index (χ1v) is 10.3. The number of nitrogens with zero attached hydrogens (tertiary/aromatic N) is 2. The molecule has 7 heteroatoms. The highest BCUT2D eigenvalue weighted by atomic mass is 127. The van der Waals surface area contributed by atoms with E-state index in [-0.39, 0.29) is 24.0 Å². The number of ether oxygens (including phenoxy) is 2. The molecule has 0 saturated carbocycles. The van der Waals surface area contributed by atoms with Gasteiger partial charge in [0.15, 0.2) is 5.96 Å². The van der Waals surface area contributed by atoms with E-state index >= 15 is 0 Å². The minimum Gasteiger partial charge on any atom is -0.497 e. The minimum absolute atomic E-state index is 0. The summed E-state index contributed by atoms with van der Waals surface area (Å²) in [6.07, 6.45) is 1.09. The van der Waals surface area contributed by atoms with Crippen LogP contribution in [0.2, 0.25) is 0 Å². The van der Waals surface area contributed by atoms with Crippen LogP contribution >= 0.6 is 35.3 Å². The predicted molar refractivity (Wildman–Crippen MR) is 128 cm³/mol. The fourth-order valence-corrected chi connectivity index (χ4v) is 4.32. The number of rotatable bonds is 6. The van der Waals surface area contributed by atoms with Gasteiger partial charge in [-0.2, -0.15) is 11.3 Å². The maximum absolute atomic E-state index is 5.42. The number of likely N-dealkylation sites (tertiary alicyclic amines) is 1. The summed E-state index contributed by atoms with van der Waals surface area (Å²) in [6, 6.07) is 8.35. The van der Waals surface area contributed by atoms with Gasteiger partial charge >= 0.3 is 0 Å². The molecule has 0 aliphatic carbocycles. The molecule has 3 rings (SSSR count). The first-order valence-electron chi connectivity index (χ1n) is 9.35. The van der Waals surface area contributed by atoms with Crippen LogP contribution in [-0.4, -0.2) is 51.8 Å². The third-order valence-corrected chi connectivity index (χ3v) is 5.92. The molecule has 0 amide bonds. The van der Waals surface area contributed by atoms with E-state index in [1.807, 2.05) is 13.1 Å². The Kier molecular flexibility index (Phi) is 8.88. The molecule has 154 valence electrons. The molecule has 28 heavy (non-hydrogen) atoms. The van der Waals surface area contributed by atoms with E-state index in [9.17, 15) is 0 Å². The molecule has 1 aliphatic heterocycles. The Morgan fingerprint density at radius 1 is 1.29 bits per heavy atom. The maximum atomic E-state index is 5.42. The van der Waals surface area contributed by atoms with Crippen molar-refractivity contribution < 1.29 is 9.47 Å². The van der Waals surface area contributed by atoms with Gasteiger partial charge in [0.2, 0.25) is 0 Å². The Morgan fingerprint density at radius 2 is 2.00 bits per heavy atom. The second kappa shape index (κ2) is 10.9. The lowest BCUT2D eigenvalue weighted by molar-refractivity contribution is 0.392. The van der Waals surface area contributed by atoms with Crippen LogP contribution in [0.25, 0.3) is 0 Å². The highest BCUT2D eigenvalue weighted by molar-refractivity contribution is 14.0. The lowest BCUT2D eigenvalue weighted by atomic mass is 9.98. The van der Waals surface area contributed by atoms with E-state index in [0.717, 1.165) is 43.5 Å². The van der Waals surface area contributed by atoms with Gasteiger partial charge in [0.1, 0.15) is 11.5 Å². The highest BCUT2D eigenvalue weighted by Crippen LogP contribution is 2.33. The molecule has 1 saturated heterocycles. The monoisotopic (exact) mass is 515 g/mol. The van der Waals surface area contributed by atoms with E-state index in [1.54, 1.807) is 25.6 Å². The molecule has 0 bridgehead atoms. The van der Waals surface area contributed by atoms with Gasteiger partial charge in [0, 0.05) is 38.7 Å². The van der Waals surface area contributed by atoms with E-state index in [1.165, 1.54) is 11.1 Å². The van der Waals surface area contributed by atoms with Crippen molar-refractivity contribution in [2.75, 3.05) is 40.9 Å². The van der Waals surface area contributed by atoms with Gasteiger partial charge in [-0.1, -0.05) is 6.92 Å². The molecule has 0 spiro atoms. The van der Waals surface area contributed by atoms with Gasteiger partial charge in [0.25, 0.3) is 0 Å². The maximum Gasteiger partial charge on any atom is 0.193 e. The Bertz CT molecular complexity index is 745. The van der Waals surface area contributed by atoms with E-state index < -0.39 is 0 Å². The quantitative estimate of drug-likeness (QED) is 0.349. The van der Waals surface area contributed by atoms with Crippen molar-refractivity contribution in [2.45, 2.75) is 25.2 Å². The summed E-state index contributed by atoms with van der Waals surface area (Å²) in [5, 5.41) is 7.90. The summed E-state index contributed by atoms with van der Waals surface area (Å²) in [5.41, 5.74) is 2.64. The first kappa shape index (κ1) is 22.8. The fourth-order valence-electron chi connectivity index (χ4n) is 3.54. The van der Waals surface area contributed by atoms with Crippen molar-refractivity contribution in [1.29, 1.82) is 0 Å². The molecule has 0 radical (unpaired) electrons. The van der Waals surface area contributed by atoms with Gasteiger partial charge in [-0.25, -0.2) is 0 Å². The van der Waals surface area contributed by atoms with Gasteiger partial charge in [-0.15, -0.1) is 24.0 Å². The minimum atomic E-state index is 0. The third kappa shape index (κ3) is 5.53. The number of halogens is 1. The van der Waals surface area contributed by atoms with E-state index in [4.69, 9.17) is 9.47 Å². The summed E-state index contributed by atoms with van der Waals surface area (Å²) in [4.78, 5) is 6.85. The normalized spacial score (nSPS) is 17.8. The number of aliphatic imine (C=N–C) groups is 1. The third-order valence-electron chi connectivity index (χ3n) is 5.22. The zero-order valence-electron chi connectivity index (χ0n) is 17.0. The number of hydrogen-bond donors (Lipinski definition) is 1. The number of thiophene rings is 1. The predicted octanol–water partition coefficient (Wildman–Crippen LogP) is 4.55. The average Bonchev–Trinajstić information content (AvgIpc) is 3.40. The molecule has 1 aromatic carbocycles. The largest absolute Gasteiger partial charge is 0.497 e. The van der Waals surface area contributed by atoms with Gasteiger partial charge < -0.3 is 19.7 Å². The number of nitrogens with one attached hydrogen (secondary N) is 1. The lowest BCUT2D eigenvalue weighted by Gasteiger charge is -2.23. The molecule has 1 N–H and O–H groups in total. The van der Waals surface area contributed by atoms with Crippen LogP contribution in [0.15, 0.2) is 40.0 Å². The van der Waals surface area contributed by atoms with Gasteiger partial charge in [0.05, 0.1) is 14.2 Å². The van der Waals surface area contributed by atoms with Crippen LogP contribution in [0.4, 0.5) is 0 Å². The summed E-state index contributed by atoms with van der Waals surface area (Å²) >= 11 is 1.75. The SMILES string of the molecule is CN=C(NCC(C)c1ccsc1)N1CCC(c2cc(OC)cc(OC)c2)C1.I. The molecule has 1 fully saturated rings. The summed E-state index contributed by atoms with van der Waals surface area (Å²) in [5.74, 6) is 3.58. The van der Waals surface area contributed by atoms with Crippen LogP contribution in [0, 0.1) is 0 Å². The standard InChI is InChI=1S/C21H29N3O2S.HI/c1-15(17-6-8-27-14-17)12-23-21(22-2)24-7-5-16(13-24)18-9-19(25-3)11-20(10-18)26-4;/h6,8-11,14-16H,5,7,12-13H2,1-4H3,(H,22,23);1H. The van der Waals surface area contributed by atoms with Crippen molar-refractivity contribution in [3.8, 4) is 11.5 Å². The zero-order chi connectivity index (χ0) is 19.2. The molecule has 2 heterocycles. The Morgan fingerprint density at radius 3 is 2.57 bits per heavy atom. The van der Waals surface area contributed by atoms with Crippen LogP contribution < -0.4 is 14.8 Å². The Labute approximate surface area is 189 Å². The first-order chi connectivity index (χ1) is 13.1. The fraction of sp³-hybridized carbons (Fsp3) is 0.476. The molecular formula is C21H30IN3O2S. The smallest absolute Gasteiger partial charge is 0.193 e. The van der Waals surface area contributed by atoms with Crippen molar-refractivity contribution >= 4 is 41.3 Å². The number of benzene rings is 1. The lowest BCUT2D eigenvalue weighted by Crippen LogP contribution is -2.41. The number of hydrogen-bond acceptors (Lipinski definition) is 4.